The van der Waals surface area contributed by atoms with Crippen molar-refractivity contribution in [1.82, 2.24) is 9.55 Å². The molecule has 2 heterocycles. The lowest BCUT2D eigenvalue weighted by Crippen LogP contribution is -2.24. The average molecular weight is 577 g/mol. The fourth-order valence-corrected chi connectivity index (χ4v) is 6.05. The van der Waals surface area contributed by atoms with Crippen LogP contribution in [0.2, 0.25) is 5.02 Å². The van der Waals surface area contributed by atoms with Crippen LogP contribution in [0.1, 0.15) is 40.6 Å². The molecule has 11 heteroatoms. The van der Waals surface area contributed by atoms with E-state index in [2.05, 4.69) is 4.98 Å². The Morgan fingerprint density at radius 3 is 2.26 bits per heavy atom. The first-order chi connectivity index (χ1) is 18.3. The Morgan fingerprint density at radius 2 is 1.62 bits per heavy atom. The van der Waals surface area contributed by atoms with Gasteiger partial charge in [-0.2, -0.15) is 0 Å². The second kappa shape index (κ2) is 9.60. The van der Waals surface area contributed by atoms with Crippen molar-refractivity contribution in [1.29, 1.82) is 0 Å². The van der Waals surface area contributed by atoms with Gasteiger partial charge in [-0.1, -0.05) is 23.7 Å². The number of halogens is 5. The van der Waals surface area contributed by atoms with E-state index in [0.29, 0.717) is 12.0 Å². The van der Waals surface area contributed by atoms with Gasteiger partial charge in [0.2, 0.25) is 0 Å². The lowest BCUT2D eigenvalue weighted by Gasteiger charge is -2.18. The largest absolute Gasteiger partial charge is 0.277 e. The highest BCUT2D eigenvalue weighted by Crippen LogP contribution is 2.57. The summed E-state index contributed by atoms with van der Waals surface area (Å²) in [7, 11) is -3.95. The number of aromatic nitrogens is 2. The van der Waals surface area contributed by atoms with Gasteiger partial charge in [-0.3, -0.25) is 14.3 Å². The maximum Gasteiger partial charge on any atom is 0.274 e. The Kier molecular flexibility index (Phi) is 6.67. The molecule has 0 bridgehead atoms. The van der Waals surface area contributed by atoms with Gasteiger partial charge in [0, 0.05) is 29.3 Å². The molecule has 2 aromatic carbocycles. The van der Waals surface area contributed by atoms with Crippen LogP contribution in [0, 0.1) is 37.1 Å². The molecule has 0 saturated heterocycles. The molecule has 202 valence electrons. The summed E-state index contributed by atoms with van der Waals surface area (Å²) in [5, 5.41) is -0.229. The Bertz CT molecular complexity index is 1820. The monoisotopic (exact) mass is 576 g/mol. The van der Waals surface area contributed by atoms with Crippen LogP contribution in [0.15, 0.2) is 58.4 Å². The average Bonchev–Trinajstić information content (AvgIpc) is 3.63. The van der Waals surface area contributed by atoms with E-state index in [0.717, 1.165) is 16.9 Å². The molecule has 2 atom stereocenters. The SMILES string of the molecule is Cc1cnc(-c2cccc(S(C)(=O)=O)c2F)c(F)c1-n1c(C)cc([C@H]2C[C@@H]2c2c(F)cccc2F)c(Cl)c1=O. The van der Waals surface area contributed by atoms with Gasteiger partial charge < -0.3 is 0 Å². The molecule has 1 aliphatic rings. The first-order valence-corrected chi connectivity index (χ1v) is 14.1. The van der Waals surface area contributed by atoms with Crippen molar-refractivity contribution in [2.45, 2.75) is 37.0 Å². The van der Waals surface area contributed by atoms with Crippen LogP contribution in [0.25, 0.3) is 16.9 Å². The fraction of sp³-hybridized carbons (Fsp3) is 0.214. The number of nitrogens with zero attached hydrogens (tertiary/aromatic N) is 2. The molecule has 0 unspecified atom stereocenters. The third-order valence-corrected chi connectivity index (χ3v) is 8.43. The van der Waals surface area contributed by atoms with Gasteiger partial charge in [-0.05, 0) is 73.6 Å². The van der Waals surface area contributed by atoms with Crippen molar-refractivity contribution >= 4 is 21.4 Å². The van der Waals surface area contributed by atoms with Crippen LogP contribution in [0.4, 0.5) is 17.6 Å². The maximum absolute atomic E-state index is 16.0. The quantitative estimate of drug-likeness (QED) is 0.258. The summed E-state index contributed by atoms with van der Waals surface area (Å²) < 4.78 is 84.7. The van der Waals surface area contributed by atoms with Gasteiger partial charge in [-0.25, -0.2) is 26.0 Å². The molecular weight excluding hydrogens is 556 g/mol. The molecular formula is C28H21ClF4N2O3S. The number of benzene rings is 2. The van der Waals surface area contributed by atoms with E-state index in [9.17, 15) is 22.0 Å². The number of hydrogen-bond acceptors (Lipinski definition) is 4. The van der Waals surface area contributed by atoms with Gasteiger partial charge in [0.05, 0.1) is 5.69 Å². The molecule has 5 rings (SSSR count). The van der Waals surface area contributed by atoms with Gasteiger partial charge in [0.25, 0.3) is 5.56 Å². The van der Waals surface area contributed by atoms with Crippen molar-refractivity contribution in [3.05, 3.63) is 110 Å². The minimum atomic E-state index is -3.95. The maximum atomic E-state index is 16.0. The summed E-state index contributed by atoms with van der Waals surface area (Å²) in [5.41, 5.74) is -1.03. The summed E-state index contributed by atoms with van der Waals surface area (Å²) in [6, 6.07) is 8.69. The third-order valence-electron chi connectivity index (χ3n) is 6.94. The molecule has 4 aromatic rings. The van der Waals surface area contributed by atoms with E-state index in [1.807, 2.05) is 0 Å². The first-order valence-electron chi connectivity index (χ1n) is 11.8. The minimum Gasteiger partial charge on any atom is -0.277 e. The highest BCUT2D eigenvalue weighted by atomic mass is 35.5. The number of sulfone groups is 1. The predicted molar refractivity (Wildman–Crippen MR) is 139 cm³/mol. The molecule has 0 radical (unpaired) electrons. The van der Waals surface area contributed by atoms with Crippen molar-refractivity contribution in [3.8, 4) is 16.9 Å². The van der Waals surface area contributed by atoms with Crippen LogP contribution in [-0.4, -0.2) is 24.2 Å². The van der Waals surface area contributed by atoms with E-state index < -0.39 is 66.7 Å². The lowest BCUT2D eigenvalue weighted by atomic mass is 10.0. The highest BCUT2D eigenvalue weighted by Gasteiger charge is 2.44. The van der Waals surface area contributed by atoms with E-state index in [-0.39, 0.29) is 27.5 Å². The molecule has 2 aromatic heterocycles. The molecule has 39 heavy (non-hydrogen) atoms. The Balaban J connectivity index is 1.63. The third kappa shape index (κ3) is 4.55. The zero-order valence-electron chi connectivity index (χ0n) is 20.9. The van der Waals surface area contributed by atoms with Gasteiger partial charge in [-0.15, -0.1) is 0 Å². The van der Waals surface area contributed by atoms with Gasteiger partial charge >= 0.3 is 0 Å². The zero-order valence-corrected chi connectivity index (χ0v) is 22.5. The van der Waals surface area contributed by atoms with E-state index in [4.69, 9.17) is 11.6 Å². The molecule has 0 N–H and O–H groups in total. The van der Waals surface area contributed by atoms with E-state index in [1.54, 1.807) is 13.0 Å². The standard InChI is InChI=1S/C28H21ClF4N2O3S/c1-13-12-34-26(15-6-4-9-21(24(15)32)39(3,37)38)25(33)27(13)35-14(2)10-18(23(29)28(35)36)16-11-17(16)22-19(30)7-5-8-20(22)31/h4-10,12,16-17H,11H2,1-3H3/t16-,17-/m0/s1. The lowest BCUT2D eigenvalue weighted by molar-refractivity contribution is 0.555. The Hall–Kier alpha value is -3.50. The van der Waals surface area contributed by atoms with Gasteiger partial charge in [0.1, 0.15) is 27.2 Å². The number of aryl methyl sites for hydroxylation is 2. The molecule has 5 nitrogen and oxygen atoms in total. The Labute approximate surface area is 226 Å². The van der Waals surface area contributed by atoms with Gasteiger partial charge in [0.15, 0.2) is 21.5 Å². The second-order valence-electron chi connectivity index (χ2n) is 9.62. The first kappa shape index (κ1) is 27.1. The molecule has 0 aliphatic heterocycles. The van der Waals surface area contributed by atoms with Crippen molar-refractivity contribution in [3.63, 3.8) is 0 Å². The predicted octanol–water partition coefficient (Wildman–Crippen LogP) is 6.40. The molecule has 0 amide bonds. The van der Waals surface area contributed by atoms with Crippen molar-refractivity contribution in [2.75, 3.05) is 6.26 Å². The number of hydrogen-bond donors (Lipinski definition) is 0. The molecule has 0 spiro atoms. The summed E-state index contributed by atoms with van der Waals surface area (Å²) >= 11 is 6.46. The summed E-state index contributed by atoms with van der Waals surface area (Å²) in [6.07, 6.45) is 2.45. The highest BCUT2D eigenvalue weighted by molar-refractivity contribution is 7.90. The second-order valence-corrected chi connectivity index (χ2v) is 12.0. The number of rotatable bonds is 5. The molecule has 1 aliphatic carbocycles. The molecule has 1 saturated carbocycles. The normalized spacial score (nSPS) is 16.9. The number of pyridine rings is 2. The minimum absolute atomic E-state index is 0.0700. The van der Waals surface area contributed by atoms with Crippen LogP contribution in [0.5, 0.6) is 0 Å². The van der Waals surface area contributed by atoms with Crippen LogP contribution in [0.3, 0.4) is 0 Å². The Morgan fingerprint density at radius 1 is 0.974 bits per heavy atom. The fourth-order valence-electron chi connectivity index (χ4n) is 5.01. The van der Waals surface area contributed by atoms with Crippen molar-refractivity contribution in [2.24, 2.45) is 0 Å². The van der Waals surface area contributed by atoms with Crippen LogP contribution >= 0.6 is 11.6 Å². The van der Waals surface area contributed by atoms with Crippen LogP contribution in [-0.2, 0) is 9.84 Å². The van der Waals surface area contributed by atoms with E-state index >= 15 is 8.78 Å². The van der Waals surface area contributed by atoms with E-state index in [1.165, 1.54) is 43.5 Å². The summed E-state index contributed by atoms with van der Waals surface area (Å²) in [6.45, 7) is 3.05. The summed E-state index contributed by atoms with van der Waals surface area (Å²) in [5.74, 6) is -4.49. The van der Waals surface area contributed by atoms with Crippen LogP contribution < -0.4 is 5.56 Å². The molecule has 1 fully saturated rings. The zero-order chi connectivity index (χ0) is 28.4. The smallest absolute Gasteiger partial charge is 0.274 e. The summed E-state index contributed by atoms with van der Waals surface area (Å²) in [4.78, 5) is 16.8. The topological polar surface area (TPSA) is 69.0 Å². The van der Waals surface area contributed by atoms with Crippen molar-refractivity contribution < 1.29 is 26.0 Å².